The van der Waals surface area contributed by atoms with Gasteiger partial charge in [-0.25, -0.2) is 0 Å². The number of phenols is 1. The summed E-state index contributed by atoms with van der Waals surface area (Å²) in [7, 11) is 1.34. The summed E-state index contributed by atoms with van der Waals surface area (Å²) in [5.41, 5.74) is 2.02. The zero-order chi connectivity index (χ0) is 30.2. The highest BCUT2D eigenvalue weighted by Gasteiger charge is 2.58. The van der Waals surface area contributed by atoms with Crippen LogP contribution in [0.5, 0.6) is 23.0 Å². The van der Waals surface area contributed by atoms with E-state index in [1.54, 1.807) is 0 Å². The molecule has 4 rings (SSSR count). The third-order valence-corrected chi connectivity index (χ3v) is 7.83. The number of ketones is 3. The maximum absolute atomic E-state index is 13.7. The van der Waals surface area contributed by atoms with E-state index in [-0.39, 0.29) is 47.3 Å². The van der Waals surface area contributed by atoms with Crippen molar-refractivity contribution in [1.29, 1.82) is 0 Å². The van der Waals surface area contributed by atoms with Crippen molar-refractivity contribution >= 4 is 23.3 Å². The lowest BCUT2D eigenvalue weighted by Gasteiger charge is -2.30. The van der Waals surface area contributed by atoms with Crippen molar-refractivity contribution in [2.75, 3.05) is 13.7 Å². The lowest BCUT2D eigenvalue weighted by Crippen LogP contribution is -2.47. The lowest BCUT2D eigenvalue weighted by atomic mass is 9.67. The van der Waals surface area contributed by atoms with Crippen LogP contribution in [-0.2, 0) is 26.3 Å². The predicted octanol–water partition coefficient (Wildman–Crippen LogP) is 3.94. The largest absolute Gasteiger partial charge is 0.507 e. The van der Waals surface area contributed by atoms with Crippen LogP contribution in [0.25, 0.3) is 0 Å². The van der Waals surface area contributed by atoms with Crippen LogP contribution in [0.15, 0.2) is 24.0 Å². The van der Waals surface area contributed by atoms with Crippen LogP contribution in [0.2, 0.25) is 0 Å². The molecular weight excluding hydrogens is 526 g/mol. The number of aromatic hydroxyl groups is 1. The maximum Gasteiger partial charge on any atom is 0.259 e. The van der Waals surface area contributed by atoms with E-state index in [1.807, 2.05) is 33.8 Å². The minimum absolute atomic E-state index is 0.00864. The van der Waals surface area contributed by atoms with E-state index in [4.69, 9.17) is 14.2 Å². The van der Waals surface area contributed by atoms with E-state index in [0.717, 1.165) is 47.4 Å². The minimum atomic E-state index is -1.63. The molecule has 0 aromatic heterocycles. The SMILES string of the molecule is CCC#CCOc1cc(C)c(CNC(=O)c2c(OC)cc(O)c3c2OC2=CC(=O)C(C(C)=O)C(=O)[C@]23C)c(C)c1C. The topological polar surface area (TPSA) is 128 Å². The molecule has 9 heteroatoms. The number of hydrogen-bond acceptors (Lipinski definition) is 8. The molecule has 2 atom stereocenters. The first kappa shape index (κ1) is 29.4. The number of aryl methyl sites for hydroxylation is 1. The number of benzene rings is 2. The van der Waals surface area contributed by atoms with Crippen molar-refractivity contribution in [3.63, 3.8) is 0 Å². The van der Waals surface area contributed by atoms with Gasteiger partial charge in [-0.3, -0.25) is 19.2 Å². The molecule has 41 heavy (non-hydrogen) atoms. The number of Topliss-reactive ketones (excluding diaryl/α,β-unsaturated/α-hetero) is 2. The zero-order valence-electron chi connectivity index (χ0n) is 24.2. The first-order chi connectivity index (χ1) is 19.4. The minimum Gasteiger partial charge on any atom is -0.507 e. The van der Waals surface area contributed by atoms with Crippen molar-refractivity contribution in [2.45, 2.75) is 59.9 Å². The molecule has 0 bridgehead atoms. The summed E-state index contributed by atoms with van der Waals surface area (Å²) in [5, 5.41) is 13.8. The van der Waals surface area contributed by atoms with Gasteiger partial charge in [0, 0.05) is 25.1 Å². The molecule has 9 nitrogen and oxygen atoms in total. The number of hydrogen-bond donors (Lipinski definition) is 2. The van der Waals surface area contributed by atoms with E-state index in [9.17, 15) is 24.3 Å². The number of rotatable bonds is 7. The number of carbonyl (C=O) groups excluding carboxylic acids is 4. The molecule has 1 unspecified atom stereocenters. The second kappa shape index (κ2) is 11.1. The average molecular weight is 560 g/mol. The van der Waals surface area contributed by atoms with Gasteiger partial charge in [0.25, 0.3) is 5.91 Å². The first-order valence-corrected chi connectivity index (χ1v) is 13.3. The molecular formula is C32H33NO8. The molecule has 1 heterocycles. The van der Waals surface area contributed by atoms with Gasteiger partial charge in [0.05, 0.1) is 12.7 Å². The summed E-state index contributed by atoms with van der Waals surface area (Å²) in [4.78, 5) is 51.8. The smallest absolute Gasteiger partial charge is 0.259 e. The quantitative estimate of drug-likeness (QED) is 0.386. The monoisotopic (exact) mass is 559 g/mol. The molecule has 2 aliphatic rings. The highest BCUT2D eigenvalue weighted by molar-refractivity contribution is 6.27. The molecule has 0 radical (unpaired) electrons. The summed E-state index contributed by atoms with van der Waals surface area (Å²) < 4.78 is 17.2. The van der Waals surface area contributed by atoms with E-state index < -0.39 is 34.6 Å². The van der Waals surface area contributed by atoms with Gasteiger partial charge in [-0.15, -0.1) is 5.92 Å². The van der Waals surface area contributed by atoms with E-state index in [0.29, 0.717) is 0 Å². The van der Waals surface area contributed by atoms with Crippen LogP contribution in [0, 0.1) is 38.5 Å². The van der Waals surface area contributed by atoms with Crippen LogP contribution in [0.4, 0.5) is 0 Å². The number of nitrogens with one attached hydrogen (secondary N) is 1. The van der Waals surface area contributed by atoms with Gasteiger partial charge in [0.15, 0.2) is 17.3 Å². The van der Waals surface area contributed by atoms with Crippen molar-refractivity contribution in [3.05, 3.63) is 57.3 Å². The van der Waals surface area contributed by atoms with Gasteiger partial charge < -0.3 is 24.6 Å². The number of fused-ring (bicyclic) bond motifs is 3. The number of ether oxygens (including phenoxy) is 3. The van der Waals surface area contributed by atoms with Crippen LogP contribution < -0.4 is 19.5 Å². The second-order valence-electron chi connectivity index (χ2n) is 10.3. The molecule has 2 aromatic rings. The Kier molecular flexibility index (Phi) is 7.98. The molecule has 1 aliphatic heterocycles. The lowest BCUT2D eigenvalue weighted by molar-refractivity contribution is -0.140. The first-order valence-electron chi connectivity index (χ1n) is 13.3. The van der Waals surface area contributed by atoms with Crippen molar-refractivity contribution in [3.8, 4) is 34.8 Å². The molecule has 1 amide bonds. The third kappa shape index (κ3) is 4.84. The number of carbonyl (C=O) groups is 4. The molecule has 214 valence electrons. The van der Waals surface area contributed by atoms with Gasteiger partial charge in [-0.1, -0.05) is 12.8 Å². The Labute approximate surface area is 238 Å². The molecule has 2 aromatic carbocycles. The Bertz CT molecular complexity index is 1590. The summed E-state index contributed by atoms with van der Waals surface area (Å²) >= 11 is 0. The fourth-order valence-corrected chi connectivity index (χ4v) is 5.42. The van der Waals surface area contributed by atoms with E-state index in [1.165, 1.54) is 20.1 Å². The van der Waals surface area contributed by atoms with Gasteiger partial charge in [-0.2, -0.15) is 0 Å². The van der Waals surface area contributed by atoms with E-state index in [2.05, 4.69) is 17.2 Å². The Morgan fingerprint density at radius 2 is 1.83 bits per heavy atom. The molecule has 0 saturated carbocycles. The standard InChI is InChI=1S/C32H33NO8/c1-8-9-10-11-40-23-12-16(2)20(17(3)18(23)4)15-33-31(38)27-24(39-7)13-22(36)28-29(27)41-25-14-21(35)26(19(5)34)30(37)32(25,28)6/h12-14,26,36H,8,11,15H2,1-7H3,(H,33,38)/t26?,32-/m1/s1. The number of allylic oxidation sites excluding steroid dienone is 2. The fraction of sp³-hybridized carbons (Fsp3) is 0.375. The van der Waals surface area contributed by atoms with Gasteiger partial charge in [0.1, 0.15) is 52.3 Å². The highest BCUT2D eigenvalue weighted by atomic mass is 16.5. The summed E-state index contributed by atoms with van der Waals surface area (Å²) in [6, 6.07) is 3.14. The summed E-state index contributed by atoms with van der Waals surface area (Å²) in [5.74, 6) is 2.04. The van der Waals surface area contributed by atoms with Gasteiger partial charge in [0.2, 0.25) is 0 Å². The molecule has 0 saturated heterocycles. The molecule has 0 spiro atoms. The zero-order valence-corrected chi connectivity index (χ0v) is 24.2. The Balaban J connectivity index is 1.70. The van der Waals surface area contributed by atoms with E-state index >= 15 is 0 Å². The summed E-state index contributed by atoms with van der Waals surface area (Å²) in [6.07, 6.45) is 1.84. The fourth-order valence-electron chi connectivity index (χ4n) is 5.42. The molecule has 2 N–H and O–H groups in total. The average Bonchev–Trinajstić information content (AvgIpc) is 3.22. The van der Waals surface area contributed by atoms with Gasteiger partial charge in [-0.05, 0) is 62.9 Å². The summed E-state index contributed by atoms with van der Waals surface area (Å²) in [6.45, 7) is 10.9. The Morgan fingerprint density at radius 3 is 2.46 bits per heavy atom. The number of phenolic OH excluding ortho intramolecular Hbond substituents is 1. The van der Waals surface area contributed by atoms with Crippen LogP contribution in [0.3, 0.4) is 0 Å². The van der Waals surface area contributed by atoms with Crippen LogP contribution >= 0.6 is 0 Å². The second-order valence-corrected chi connectivity index (χ2v) is 10.3. The molecule has 1 aliphatic carbocycles. The Morgan fingerprint density at radius 1 is 1.12 bits per heavy atom. The Hall–Kier alpha value is -4.58. The highest BCUT2D eigenvalue weighted by Crippen LogP contribution is 2.56. The number of amides is 1. The normalized spacial score (nSPS) is 18.8. The number of methoxy groups -OCH3 is 1. The predicted molar refractivity (Wildman–Crippen MR) is 150 cm³/mol. The van der Waals surface area contributed by atoms with Crippen molar-refractivity contribution in [2.24, 2.45) is 5.92 Å². The van der Waals surface area contributed by atoms with Crippen LogP contribution in [0.1, 0.15) is 65.4 Å². The van der Waals surface area contributed by atoms with Crippen LogP contribution in [-0.4, -0.2) is 42.1 Å². The van der Waals surface area contributed by atoms with Crippen molar-refractivity contribution in [1.82, 2.24) is 5.32 Å². The molecule has 0 fully saturated rings. The maximum atomic E-state index is 13.7. The third-order valence-electron chi connectivity index (χ3n) is 7.83. The van der Waals surface area contributed by atoms with Crippen molar-refractivity contribution < 1.29 is 38.5 Å². The van der Waals surface area contributed by atoms with Gasteiger partial charge >= 0.3 is 0 Å².